The summed E-state index contributed by atoms with van der Waals surface area (Å²) in [6.45, 7) is 1.73. The fraction of sp³-hybridized carbons (Fsp3) is 0.899. The van der Waals surface area contributed by atoms with Gasteiger partial charge < -0.3 is 89.9 Å². The third-order valence-electron chi connectivity index (χ3n) is 17.7. The summed E-state index contributed by atoms with van der Waals surface area (Å²) in [5, 5.41) is 121. The molecule has 3 aliphatic rings. The summed E-state index contributed by atoms with van der Waals surface area (Å²) in [4.78, 5) is 13.4. The number of unbranched alkanes of at least 4 members (excludes halogenated alkanes) is 34. The van der Waals surface area contributed by atoms with Crippen LogP contribution < -0.4 is 5.32 Å². The van der Waals surface area contributed by atoms with Gasteiger partial charge in [-0.3, -0.25) is 4.79 Å². The molecular weight excluding hydrogens is 1130 g/mol. The second-order valence-corrected chi connectivity index (χ2v) is 25.3. The standard InChI is InChI=1S/C69H127NO18/c1-3-5-7-9-11-13-15-17-19-21-23-24-25-26-27-29-30-32-34-36-38-40-42-44-46-53(74)52(70-57(75)47-45-43-41-39-37-35-33-31-28-22-20-18-16-14-12-10-8-6-4-2)51-83-67-63(81)60(78)65(55(49-72)85-67)88-69-64(82)61(79)66(56(50-73)86-69)87-68-62(80)59(77)58(76)54(48-71)84-68/h12,14,18,20,44,46,52-56,58-69,71-74,76-82H,3-11,13,15-17,19,21-43,45,47-51H2,1-2H3,(H,70,75)/b14-12-,20-18-,46-44+. The van der Waals surface area contributed by atoms with Crippen molar-refractivity contribution >= 4 is 5.91 Å². The van der Waals surface area contributed by atoms with Crippen molar-refractivity contribution in [1.29, 1.82) is 0 Å². The van der Waals surface area contributed by atoms with E-state index < -0.39 is 124 Å². The third-order valence-corrected chi connectivity index (χ3v) is 17.7. The zero-order valence-electron chi connectivity index (χ0n) is 54.5. The zero-order valence-corrected chi connectivity index (χ0v) is 54.5. The van der Waals surface area contributed by atoms with E-state index in [0.29, 0.717) is 6.42 Å². The summed E-state index contributed by atoms with van der Waals surface area (Å²) in [6.07, 6.45) is 32.5. The summed E-state index contributed by atoms with van der Waals surface area (Å²) in [5.41, 5.74) is 0. The SMILES string of the molecule is CCCCC/C=C\C/C=C\CCCCCCCCCCCC(=O)NC(COC1OC(CO)C(OC2OC(CO)C(OC3OC(CO)C(O)C(O)C3O)C(O)C2O)C(O)C1O)C(O)/C=C/CCCCCCCCCCCCCCCCCCCCCCCC. The van der Waals surface area contributed by atoms with Gasteiger partial charge in [0.05, 0.1) is 38.6 Å². The summed E-state index contributed by atoms with van der Waals surface area (Å²) in [5.74, 6) is -0.278. The van der Waals surface area contributed by atoms with Crippen LogP contribution in [0.3, 0.4) is 0 Å². The van der Waals surface area contributed by atoms with E-state index in [4.69, 9.17) is 28.4 Å². The van der Waals surface area contributed by atoms with Crippen molar-refractivity contribution < 1.29 is 89.4 Å². The normalized spacial score (nSPS) is 28.6. The van der Waals surface area contributed by atoms with Gasteiger partial charge in [-0.15, -0.1) is 0 Å². The number of amides is 1. The van der Waals surface area contributed by atoms with E-state index in [1.165, 1.54) is 173 Å². The van der Waals surface area contributed by atoms with Gasteiger partial charge in [-0.25, -0.2) is 0 Å². The maximum absolute atomic E-state index is 13.4. The van der Waals surface area contributed by atoms with Gasteiger partial charge in [-0.05, 0) is 51.4 Å². The van der Waals surface area contributed by atoms with Crippen LogP contribution in [-0.2, 0) is 33.2 Å². The van der Waals surface area contributed by atoms with Gasteiger partial charge in [-0.1, -0.05) is 243 Å². The van der Waals surface area contributed by atoms with Crippen LogP contribution in [0.4, 0.5) is 0 Å². The van der Waals surface area contributed by atoms with E-state index >= 15 is 0 Å². The highest BCUT2D eigenvalue weighted by molar-refractivity contribution is 5.76. The molecule has 0 spiro atoms. The van der Waals surface area contributed by atoms with Gasteiger partial charge >= 0.3 is 0 Å². The first kappa shape index (κ1) is 80.2. The Hall–Kier alpha value is -1.99. The number of allylic oxidation sites excluding steroid dienone is 5. The predicted octanol–water partition coefficient (Wildman–Crippen LogP) is 9.22. The average Bonchev–Trinajstić information content (AvgIpc) is 3.71. The fourth-order valence-corrected chi connectivity index (χ4v) is 11.9. The molecule has 0 radical (unpaired) electrons. The van der Waals surface area contributed by atoms with Gasteiger partial charge in [0.2, 0.25) is 5.91 Å². The Balaban J connectivity index is 1.44. The molecule has 17 atom stereocenters. The minimum Gasteiger partial charge on any atom is -0.394 e. The first-order valence-electron chi connectivity index (χ1n) is 35.2. The Morgan fingerprint density at radius 3 is 1.18 bits per heavy atom. The molecule has 3 fully saturated rings. The molecule has 17 unspecified atom stereocenters. The molecule has 3 aliphatic heterocycles. The van der Waals surface area contributed by atoms with Gasteiger partial charge in [-0.2, -0.15) is 0 Å². The van der Waals surface area contributed by atoms with E-state index in [-0.39, 0.29) is 18.9 Å². The highest BCUT2D eigenvalue weighted by Gasteiger charge is 2.53. The van der Waals surface area contributed by atoms with Crippen LogP contribution in [0.2, 0.25) is 0 Å². The summed E-state index contributed by atoms with van der Waals surface area (Å²) < 4.78 is 34.4. The zero-order chi connectivity index (χ0) is 64.0. The molecule has 19 heteroatoms. The molecule has 1 amide bonds. The molecule has 88 heavy (non-hydrogen) atoms. The first-order valence-corrected chi connectivity index (χ1v) is 35.2. The Morgan fingerprint density at radius 1 is 0.409 bits per heavy atom. The predicted molar refractivity (Wildman–Crippen MR) is 342 cm³/mol. The average molecular weight is 1260 g/mol. The molecule has 3 rings (SSSR count). The van der Waals surface area contributed by atoms with Gasteiger partial charge in [0.1, 0.15) is 73.2 Å². The van der Waals surface area contributed by atoms with Gasteiger partial charge in [0.25, 0.3) is 0 Å². The Labute approximate surface area is 530 Å². The van der Waals surface area contributed by atoms with Crippen LogP contribution >= 0.6 is 0 Å². The minimum atomic E-state index is -1.98. The highest BCUT2D eigenvalue weighted by atomic mass is 16.8. The smallest absolute Gasteiger partial charge is 0.220 e. The van der Waals surface area contributed by atoms with Gasteiger partial charge in [0, 0.05) is 6.42 Å². The molecule has 0 aliphatic carbocycles. The Bertz CT molecular complexity index is 1740. The van der Waals surface area contributed by atoms with Crippen molar-refractivity contribution in [3.8, 4) is 0 Å². The van der Waals surface area contributed by atoms with E-state index in [1.54, 1.807) is 6.08 Å². The van der Waals surface area contributed by atoms with E-state index in [1.807, 2.05) is 6.08 Å². The lowest BCUT2D eigenvalue weighted by atomic mass is 9.96. The highest BCUT2D eigenvalue weighted by Crippen LogP contribution is 2.33. The number of ether oxygens (including phenoxy) is 6. The second-order valence-electron chi connectivity index (χ2n) is 25.3. The second kappa shape index (κ2) is 51.4. The molecular formula is C69H127NO18. The molecule has 19 nitrogen and oxygen atoms in total. The molecule has 0 aromatic carbocycles. The molecule has 0 bridgehead atoms. The maximum atomic E-state index is 13.4. The first-order chi connectivity index (χ1) is 42.8. The van der Waals surface area contributed by atoms with Crippen LogP contribution in [0.5, 0.6) is 0 Å². The quantitative estimate of drug-likeness (QED) is 0.0199. The van der Waals surface area contributed by atoms with Crippen molar-refractivity contribution in [2.75, 3.05) is 26.4 Å². The van der Waals surface area contributed by atoms with Crippen molar-refractivity contribution in [1.82, 2.24) is 5.32 Å². The van der Waals surface area contributed by atoms with E-state index in [2.05, 4.69) is 43.5 Å². The van der Waals surface area contributed by atoms with Crippen LogP contribution in [-0.4, -0.2) is 193 Å². The Kier molecular flexibility index (Phi) is 46.9. The number of rotatable bonds is 54. The summed E-state index contributed by atoms with van der Waals surface area (Å²) in [7, 11) is 0. The Morgan fingerprint density at radius 2 is 0.750 bits per heavy atom. The van der Waals surface area contributed by atoms with Crippen molar-refractivity contribution in [3.05, 3.63) is 36.5 Å². The number of aliphatic hydroxyl groups is 11. The third kappa shape index (κ3) is 33.2. The molecule has 516 valence electrons. The molecule has 3 heterocycles. The summed E-state index contributed by atoms with van der Waals surface area (Å²) >= 11 is 0. The molecule has 0 aromatic rings. The van der Waals surface area contributed by atoms with E-state index in [9.17, 15) is 61.0 Å². The van der Waals surface area contributed by atoms with Crippen LogP contribution in [0.15, 0.2) is 36.5 Å². The molecule has 3 saturated heterocycles. The lowest BCUT2D eigenvalue weighted by Gasteiger charge is -2.48. The van der Waals surface area contributed by atoms with E-state index in [0.717, 1.165) is 64.2 Å². The molecule has 12 N–H and O–H groups in total. The lowest BCUT2D eigenvalue weighted by Crippen LogP contribution is -2.66. The lowest BCUT2D eigenvalue weighted by molar-refractivity contribution is -0.379. The van der Waals surface area contributed by atoms with Crippen LogP contribution in [0.25, 0.3) is 0 Å². The monoisotopic (exact) mass is 1260 g/mol. The molecule has 0 aromatic heterocycles. The fourth-order valence-electron chi connectivity index (χ4n) is 11.9. The van der Waals surface area contributed by atoms with Crippen molar-refractivity contribution in [2.24, 2.45) is 0 Å². The number of nitrogens with one attached hydrogen (secondary N) is 1. The van der Waals surface area contributed by atoms with Crippen LogP contribution in [0, 0.1) is 0 Å². The number of carbonyl (C=O) groups excluding carboxylic acids is 1. The topological polar surface area (TPSA) is 307 Å². The maximum Gasteiger partial charge on any atom is 0.220 e. The number of carbonyl (C=O) groups is 1. The summed E-state index contributed by atoms with van der Waals surface area (Å²) in [6, 6.07) is -0.976. The molecule has 0 saturated carbocycles. The van der Waals surface area contributed by atoms with Gasteiger partial charge in [0.15, 0.2) is 18.9 Å². The van der Waals surface area contributed by atoms with Crippen molar-refractivity contribution in [2.45, 2.75) is 369 Å². The number of hydrogen-bond acceptors (Lipinski definition) is 18. The van der Waals surface area contributed by atoms with Crippen molar-refractivity contribution in [3.63, 3.8) is 0 Å². The minimum absolute atomic E-state index is 0.239. The largest absolute Gasteiger partial charge is 0.394 e. The number of aliphatic hydroxyl groups excluding tert-OH is 11. The van der Waals surface area contributed by atoms with Crippen LogP contribution in [0.1, 0.15) is 264 Å². The number of hydrogen-bond donors (Lipinski definition) is 12.